The lowest BCUT2D eigenvalue weighted by atomic mass is 10.0. The van der Waals surface area contributed by atoms with E-state index >= 15 is 0 Å². The highest BCUT2D eigenvalue weighted by molar-refractivity contribution is 5.81. The molecule has 0 atom stereocenters. The number of amides is 7. The van der Waals surface area contributed by atoms with E-state index in [2.05, 4.69) is 37.2 Å². The van der Waals surface area contributed by atoms with Gasteiger partial charge in [-0.05, 0) is 0 Å². The van der Waals surface area contributed by atoms with Crippen molar-refractivity contribution in [2.75, 3.05) is 78.9 Å². The largest absolute Gasteiger partial charge is 0.481 e. The summed E-state index contributed by atoms with van der Waals surface area (Å²) in [5.41, 5.74) is -1.39. The Morgan fingerprint density at radius 3 is 1.18 bits per heavy atom. The second-order valence-corrected chi connectivity index (χ2v) is 9.40. The van der Waals surface area contributed by atoms with Crippen LogP contribution in [0.2, 0.25) is 0 Å². The minimum absolute atomic E-state index is 0.0515. The molecule has 256 valence electrons. The Balaban J connectivity index is 5.33. The van der Waals surface area contributed by atoms with Crippen molar-refractivity contribution in [3.63, 3.8) is 0 Å². The molecule has 0 spiro atoms. The highest BCUT2D eigenvalue weighted by Gasteiger charge is 2.34. The van der Waals surface area contributed by atoms with Crippen LogP contribution in [-0.4, -0.2) is 138 Å². The van der Waals surface area contributed by atoms with Crippen molar-refractivity contribution < 1.29 is 57.7 Å². The van der Waals surface area contributed by atoms with Crippen LogP contribution >= 0.6 is 0 Å². The van der Waals surface area contributed by atoms with Gasteiger partial charge in [-0.15, -0.1) is 0 Å². The monoisotopic (exact) mass is 647 g/mol. The lowest BCUT2D eigenvalue weighted by Crippen LogP contribution is -2.58. The first-order valence-corrected chi connectivity index (χ1v) is 14.2. The van der Waals surface area contributed by atoms with Crippen LogP contribution in [0.3, 0.4) is 0 Å². The average Bonchev–Trinajstić information content (AvgIpc) is 3.01. The Hall–Kier alpha value is -4.36. The molecule has 0 saturated carbocycles. The Kier molecular flexibility index (Phi) is 24.6. The summed E-state index contributed by atoms with van der Waals surface area (Å²) in [5, 5.41) is 26.7. The van der Waals surface area contributed by atoms with Crippen LogP contribution in [-0.2, 0) is 52.6 Å². The molecule has 0 fully saturated rings. The smallest absolute Gasteiger partial charge is 0.303 e. The van der Waals surface area contributed by atoms with E-state index in [0.717, 1.165) is 0 Å². The maximum Gasteiger partial charge on any atom is 0.303 e. The molecular weight excluding hydrogens is 602 g/mol. The number of carbonyl (C=O) groups excluding carboxylic acids is 7. The SMILES string of the molecule is O=CNCCNC(=O)CCOCC(COCCC(=O)NCCNC=O)(COCCC(=O)NCCNC=O)NC(=O)CCC(=O)O. The van der Waals surface area contributed by atoms with E-state index in [0.29, 0.717) is 19.2 Å². The first-order valence-electron chi connectivity index (χ1n) is 14.2. The first-order chi connectivity index (χ1) is 21.7. The molecule has 0 saturated heterocycles. The Morgan fingerprint density at radius 2 is 0.867 bits per heavy atom. The van der Waals surface area contributed by atoms with Crippen LogP contribution in [0.4, 0.5) is 0 Å². The molecule has 0 aromatic rings. The van der Waals surface area contributed by atoms with Gasteiger partial charge >= 0.3 is 5.97 Å². The fraction of sp³-hybridized carbons (Fsp3) is 0.692. The van der Waals surface area contributed by atoms with E-state index in [1.54, 1.807) is 0 Å². The molecule has 0 rings (SSSR count). The standard InChI is InChI=1S/C26H45N7O12/c34-18-27-6-9-30-21(37)3-12-43-15-26(33-24(40)1-2-25(41)42,16-44-13-4-22(38)31-10-7-28-19-35)17-45-14-5-23(39)32-11-8-29-20-36/h18-20H,1-17H2,(H,27,34)(H,28,35)(H,29,36)(H,30,37)(H,31,38)(H,32,39)(H,33,40)(H,41,42). The zero-order valence-electron chi connectivity index (χ0n) is 25.2. The number of aliphatic carboxylic acids is 1. The van der Waals surface area contributed by atoms with E-state index in [1.165, 1.54) is 0 Å². The van der Waals surface area contributed by atoms with Crippen molar-refractivity contribution in [3.05, 3.63) is 0 Å². The molecule has 0 bridgehead atoms. The van der Waals surface area contributed by atoms with Gasteiger partial charge in [-0.2, -0.15) is 0 Å². The van der Waals surface area contributed by atoms with Gasteiger partial charge in [-0.1, -0.05) is 0 Å². The molecule has 0 aliphatic rings. The van der Waals surface area contributed by atoms with E-state index in [-0.39, 0.29) is 122 Å². The van der Waals surface area contributed by atoms with Crippen LogP contribution in [0.25, 0.3) is 0 Å². The van der Waals surface area contributed by atoms with E-state index in [1.807, 2.05) is 0 Å². The van der Waals surface area contributed by atoms with Gasteiger partial charge in [0.05, 0.1) is 46.1 Å². The van der Waals surface area contributed by atoms with Gasteiger partial charge in [0.1, 0.15) is 5.54 Å². The predicted octanol–water partition coefficient (Wildman–Crippen LogP) is -4.49. The van der Waals surface area contributed by atoms with E-state index in [4.69, 9.17) is 19.3 Å². The number of carboxylic acid groups (broad SMARTS) is 1. The Bertz CT molecular complexity index is 834. The molecule has 0 heterocycles. The van der Waals surface area contributed by atoms with Gasteiger partial charge in [0.2, 0.25) is 42.9 Å². The van der Waals surface area contributed by atoms with Gasteiger partial charge < -0.3 is 56.5 Å². The van der Waals surface area contributed by atoms with Gasteiger partial charge in [0.25, 0.3) is 0 Å². The van der Waals surface area contributed by atoms with Crippen LogP contribution in [0.15, 0.2) is 0 Å². The number of hydrogen-bond donors (Lipinski definition) is 8. The molecule has 0 aliphatic heterocycles. The van der Waals surface area contributed by atoms with Crippen LogP contribution in [0.1, 0.15) is 32.1 Å². The maximum absolute atomic E-state index is 12.7. The fourth-order valence-corrected chi connectivity index (χ4v) is 3.37. The predicted molar refractivity (Wildman–Crippen MR) is 155 cm³/mol. The summed E-state index contributed by atoms with van der Waals surface area (Å²) in [6, 6.07) is 0. The summed E-state index contributed by atoms with van der Waals surface area (Å²) in [6.45, 7) is 0.446. The van der Waals surface area contributed by atoms with Gasteiger partial charge in [-0.3, -0.25) is 38.4 Å². The number of ether oxygens (including phenoxy) is 3. The van der Waals surface area contributed by atoms with Crippen LogP contribution in [0, 0.1) is 0 Å². The number of nitrogens with one attached hydrogen (secondary N) is 7. The van der Waals surface area contributed by atoms with Gasteiger partial charge in [0, 0.05) is 65.0 Å². The number of carbonyl (C=O) groups is 8. The molecule has 0 aromatic heterocycles. The molecule has 0 aliphatic carbocycles. The molecule has 7 amide bonds. The fourth-order valence-electron chi connectivity index (χ4n) is 3.37. The molecule has 8 N–H and O–H groups in total. The minimum atomic E-state index is -1.39. The number of hydrogen-bond acceptors (Lipinski definition) is 11. The van der Waals surface area contributed by atoms with Crippen molar-refractivity contribution in [3.8, 4) is 0 Å². The topological polar surface area (TPSA) is 269 Å². The minimum Gasteiger partial charge on any atom is -0.481 e. The third kappa shape index (κ3) is 24.7. The normalized spacial score (nSPS) is 10.6. The third-order valence-corrected chi connectivity index (χ3v) is 5.55. The molecule has 0 radical (unpaired) electrons. The van der Waals surface area contributed by atoms with Gasteiger partial charge in [0.15, 0.2) is 0 Å². The first kappa shape index (κ1) is 40.6. The molecule has 45 heavy (non-hydrogen) atoms. The second kappa shape index (κ2) is 27.2. The summed E-state index contributed by atoms with van der Waals surface area (Å²) in [7, 11) is 0. The zero-order valence-corrected chi connectivity index (χ0v) is 25.2. The van der Waals surface area contributed by atoms with Crippen LogP contribution in [0.5, 0.6) is 0 Å². The number of carboxylic acids is 1. The van der Waals surface area contributed by atoms with E-state index < -0.39 is 23.8 Å². The second-order valence-electron chi connectivity index (χ2n) is 9.40. The number of rotatable bonds is 31. The molecular formula is C26H45N7O12. The highest BCUT2D eigenvalue weighted by Crippen LogP contribution is 2.11. The lowest BCUT2D eigenvalue weighted by Gasteiger charge is -2.34. The van der Waals surface area contributed by atoms with Crippen molar-refractivity contribution in [1.82, 2.24) is 37.2 Å². The lowest BCUT2D eigenvalue weighted by molar-refractivity contribution is -0.139. The average molecular weight is 648 g/mol. The van der Waals surface area contributed by atoms with Gasteiger partial charge in [-0.25, -0.2) is 0 Å². The van der Waals surface area contributed by atoms with Crippen molar-refractivity contribution in [1.29, 1.82) is 0 Å². The van der Waals surface area contributed by atoms with Crippen LogP contribution < -0.4 is 37.2 Å². The highest BCUT2D eigenvalue weighted by atomic mass is 16.5. The zero-order chi connectivity index (χ0) is 33.6. The van der Waals surface area contributed by atoms with Crippen molar-refractivity contribution in [2.45, 2.75) is 37.6 Å². The molecule has 0 aromatic carbocycles. The summed E-state index contributed by atoms with van der Waals surface area (Å²) < 4.78 is 17.0. The summed E-state index contributed by atoms with van der Waals surface area (Å²) in [4.78, 5) is 90.7. The molecule has 19 nitrogen and oxygen atoms in total. The summed E-state index contributed by atoms with van der Waals surface area (Å²) in [6.07, 6.45) is 0.555. The summed E-state index contributed by atoms with van der Waals surface area (Å²) >= 11 is 0. The van der Waals surface area contributed by atoms with Crippen molar-refractivity contribution in [2.24, 2.45) is 0 Å². The molecule has 19 heteroatoms. The third-order valence-electron chi connectivity index (χ3n) is 5.55. The Morgan fingerprint density at radius 1 is 0.511 bits per heavy atom. The quantitative estimate of drug-likeness (QED) is 0.0261. The van der Waals surface area contributed by atoms with E-state index in [9.17, 15) is 38.4 Å². The maximum atomic E-state index is 12.7. The summed E-state index contributed by atoms with van der Waals surface area (Å²) in [5.74, 6) is -2.88. The van der Waals surface area contributed by atoms with Crippen molar-refractivity contribution >= 4 is 48.8 Å². The Labute approximate surface area is 260 Å². The molecule has 0 unspecified atom stereocenters.